The summed E-state index contributed by atoms with van der Waals surface area (Å²) < 4.78 is 0. The molecule has 0 unspecified atom stereocenters. The van der Waals surface area contributed by atoms with Crippen molar-refractivity contribution in [3.63, 3.8) is 0 Å². The number of nitrogens with one attached hydrogen (secondary N) is 1. The minimum Gasteiger partial charge on any atom is -0.390 e. The Morgan fingerprint density at radius 3 is 2.17 bits per heavy atom. The maximum Gasteiger partial charge on any atom is 0.417 e. The van der Waals surface area contributed by atoms with Gasteiger partial charge in [-0.15, -0.1) is 5.41 Å². The molecule has 0 atom stereocenters. The van der Waals surface area contributed by atoms with Gasteiger partial charge < -0.3 is 10.1 Å². The summed E-state index contributed by atoms with van der Waals surface area (Å²) in [7, 11) is 0. The molecule has 0 saturated heterocycles. The van der Waals surface area contributed by atoms with Gasteiger partial charge in [0.2, 0.25) is 0 Å². The zero-order valence-corrected chi connectivity index (χ0v) is 2.84. The zero-order chi connectivity index (χ0) is 5.15. The van der Waals surface area contributed by atoms with Crippen LogP contribution in [0, 0.1) is 15.5 Å². The number of nitro groups is 1. The third kappa shape index (κ3) is 1.22. The van der Waals surface area contributed by atoms with Crippen molar-refractivity contribution in [1.29, 1.82) is 5.41 Å². The fraction of sp³-hybridized carbons (Fsp3) is 0. The van der Waals surface area contributed by atoms with Gasteiger partial charge in [-0.1, -0.05) is 0 Å². The highest BCUT2D eigenvalue weighted by atomic mass is 16.6. The Hall–Kier alpha value is -1.13. The summed E-state index contributed by atoms with van der Waals surface area (Å²) in [5, 5.41) is 15.2. The van der Waals surface area contributed by atoms with E-state index in [1.165, 1.54) is 0 Å². The number of rotatable bonds is 0. The molecule has 0 fully saturated rings. The molecular formula is CH3N3O2. The van der Waals surface area contributed by atoms with Crippen LogP contribution in [0.5, 0.6) is 0 Å². The van der Waals surface area contributed by atoms with E-state index in [1.807, 2.05) is 0 Å². The highest BCUT2D eigenvalue weighted by Crippen LogP contribution is 1.56. The van der Waals surface area contributed by atoms with E-state index in [1.54, 1.807) is 0 Å². The Kier molecular flexibility index (Phi) is 1.09. The lowest BCUT2D eigenvalue weighted by Crippen LogP contribution is -2.19. The van der Waals surface area contributed by atoms with Crippen LogP contribution in [0.1, 0.15) is 0 Å². The molecule has 0 spiro atoms. The normalized spacial score (nSPS) is 7.33. The summed E-state index contributed by atoms with van der Waals surface area (Å²) in [5.41, 5.74) is 4.32. The molecule has 0 rings (SSSR count). The van der Waals surface area contributed by atoms with Crippen LogP contribution in [0.4, 0.5) is 0 Å². The highest BCUT2D eigenvalue weighted by molar-refractivity contribution is 5.64. The molecule has 0 aromatic heterocycles. The predicted molar refractivity (Wildman–Crippen MR) is 18.9 cm³/mol. The average Bonchev–Trinajstić information content (AvgIpc) is 1.36. The standard InChI is InChI=1S/CH3N3O2/c2-1(3)4(5)6/h(H3,2,3). The van der Waals surface area contributed by atoms with Crippen LogP contribution in [-0.4, -0.2) is 10.9 Å². The first-order valence-electron chi connectivity index (χ1n) is 1.13. The van der Waals surface area contributed by atoms with Gasteiger partial charge in [-0.2, -0.15) is 0 Å². The Bertz CT molecular complexity index is 74.8. The van der Waals surface area contributed by atoms with Crippen molar-refractivity contribution in [2.75, 3.05) is 0 Å². The van der Waals surface area contributed by atoms with Crippen molar-refractivity contribution < 1.29 is 4.92 Å². The van der Waals surface area contributed by atoms with Gasteiger partial charge in [0.1, 0.15) is 0 Å². The number of nitrogens with two attached hydrogens (primary N) is 1. The molecule has 6 heavy (non-hydrogen) atoms. The van der Waals surface area contributed by atoms with Crippen LogP contribution in [0.3, 0.4) is 0 Å². The second kappa shape index (κ2) is 1.34. The first kappa shape index (κ1) is 4.87. The molecule has 0 amide bonds. The second-order valence-electron chi connectivity index (χ2n) is 0.642. The summed E-state index contributed by atoms with van der Waals surface area (Å²) in [5.74, 6) is -1.02. The molecule has 0 radical (unpaired) electrons. The summed E-state index contributed by atoms with van der Waals surface area (Å²) >= 11 is 0. The van der Waals surface area contributed by atoms with Gasteiger partial charge in [-0.3, -0.25) is 5.73 Å². The van der Waals surface area contributed by atoms with E-state index in [0.717, 1.165) is 0 Å². The molecule has 0 heterocycles. The monoisotopic (exact) mass is 89.0 g/mol. The van der Waals surface area contributed by atoms with E-state index in [9.17, 15) is 0 Å². The molecule has 34 valence electrons. The van der Waals surface area contributed by atoms with Gasteiger partial charge >= 0.3 is 5.96 Å². The summed E-state index contributed by atoms with van der Waals surface area (Å²) in [6, 6.07) is 0. The van der Waals surface area contributed by atoms with Crippen LogP contribution < -0.4 is 5.73 Å². The number of hydrogen-bond acceptors (Lipinski definition) is 3. The van der Waals surface area contributed by atoms with Gasteiger partial charge in [0, 0.05) is 0 Å². The van der Waals surface area contributed by atoms with Crippen molar-refractivity contribution in [2.24, 2.45) is 5.73 Å². The van der Waals surface area contributed by atoms with Gasteiger partial charge in [0.25, 0.3) is 0 Å². The average molecular weight is 89.1 g/mol. The van der Waals surface area contributed by atoms with Gasteiger partial charge in [-0.25, -0.2) is 0 Å². The molecule has 0 aliphatic heterocycles. The lowest BCUT2D eigenvalue weighted by molar-refractivity contribution is -0.353. The van der Waals surface area contributed by atoms with Crippen LogP contribution in [0.15, 0.2) is 0 Å². The van der Waals surface area contributed by atoms with Gasteiger partial charge in [-0.05, 0) is 4.92 Å². The number of guanidine groups is 1. The summed E-state index contributed by atoms with van der Waals surface area (Å²) in [6.07, 6.45) is 0. The first-order valence-corrected chi connectivity index (χ1v) is 1.13. The quantitative estimate of drug-likeness (QED) is 0.175. The number of hydrogen-bond donors (Lipinski definition) is 2. The Balaban J connectivity index is 3.57. The van der Waals surface area contributed by atoms with E-state index in [4.69, 9.17) is 15.5 Å². The topological polar surface area (TPSA) is 93.0 Å². The Labute approximate surface area is 33.4 Å². The maximum absolute atomic E-state index is 9.16. The lowest BCUT2D eigenvalue weighted by Gasteiger charge is -1.84. The minimum absolute atomic E-state index is 0.972. The summed E-state index contributed by atoms with van der Waals surface area (Å²) in [4.78, 5) is 8.18. The fourth-order valence-electron chi connectivity index (χ4n) is 0. The van der Waals surface area contributed by atoms with Crippen molar-refractivity contribution in [1.82, 2.24) is 0 Å². The molecular weight excluding hydrogens is 86.0 g/mol. The molecule has 3 N–H and O–H groups in total. The van der Waals surface area contributed by atoms with Gasteiger partial charge in [0.15, 0.2) is 0 Å². The van der Waals surface area contributed by atoms with Crippen molar-refractivity contribution >= 4 is 5.96 Å². The molecule has 0 bridgehead atoms. The smallest absolute Gasteiger partial charge is 0.390 e. The molecule has 0 saturated carbocycles. The van der Waals surface area contributed by atoms with E-state index >= 15 is 0 Å². The van der Waals surface area contributed by atoms with E-state index in [-0.39, 0.29) is 0 Å². The van der Waals surface area contributed by atoms with Crippen molar-refractivity contribution in [3.8, 4) is 0 Å². The second-order valence-corrected chi connectivity index (χ2v) is 0.642. The van der Waals surface area contributed by atoms with Crippen molar-refractivity contribution in [3.05, 3.63) is 10.1 Å². The third-order valence-electron chi connectivity index (χ3n) is 0.197. The van der Waals surface area contributed by atoms with Crippen LogP contribution in [0.25, 0.3) is 0 Å². The predicted octanol–water partition coefficient (Wildman–Crippen LogP) is -0.843. The molecule has 0 aromatic rings. The SMILES string of the molecule is N=C(N)[N+](=O)[O-]. The Morgan fingerprint density at radius 2 is 2.17 bits per heavy atom. The number of nitrogens with zero attached hydrogens (tertiary/aromatic N) is 1. The van der Waals surface area contributed by atoms with E-state index in [2.05, 4.69) is 5.73 Å². The Morgan fingerprint density at radius 1 is 2.00 bits per heavy atom. The maximum atomic E-state index is 9.16. The van der Waals surface area contributed by atoms with E-state index < -0.39 is 10.9 Å². The van der Waals surface area contributed by atoms with Crippen LogP contribution >= 0.6 is 0 Å². The largest absolute Gasteiger partial charge is 0.417 e. The highest BCUT2D eigenvalue weighted by Gasteiger charge is 1.90. The molecule has 5 heteroatoms. The minimum atomic E-state index is -1.02. The molecule has 5 nitrogen and oxygen atoms in total. The fourth-order valence-corrected chi connectivity index (χ4v) is 0. The van der Waals surface area contributed by atoms with E-state index in [0.29, 0.717) is 0 Å². The lowest BCUT2D eigenvalue weighted by atomic mass is 11.1. The van der Waals surface area contributed by atoms with Gasteiger partial charge in [0.05, 0.1) is 0 Å². The van der Waals surface area contributed by atoms with Crippen LogP contribution in [0.2, 0.25) is 0 Å². The first-order chi connectivity index (χ1) is 2.64. The summed E-state index contributed by atoms with van der Waals surface area (Å²) in [6.45, 7) is 0. The molecule has 0 aliphatic rings. The van der Waals surface area contributed by atoms with Crippen molar-refractivity contribution in [2.45, 2.75) is 0 Å². The third-order valence-corrected chi connectivity index (χ3v) is 0.197. The van der Waals surface area contributed by atoms with Crippen LogP contribution in [-0.2, 0) is 0 Å². The zero-order valence-electron chi connectivity index (χ0n) is 2.84. The molecule has 0 aliphatic carbocycles. The molecule has 0 aromatic carbocycles.